The van der Waals surface area contributed by atoms with Gasteiger partial charge in [0.25, 0.3) is 0 Å². The molecule has 0 spiro atoms. The number of rotatable bonds is 4. The van der Waals surface area contributed by atoms with Gasteiger partial charge in [0.15, 0.2) is 0 Å². The van der Waals surface area contributed by atoms with E-state index in [1.807, 2.05) is 12.1 Å². The van der Waals surface area contributed by atoms with E-state index in [1.165, 1.54) is 0 Å². The third-order valence-corrected chi connectivity index (χ3v) is 1.73. The van der Waals surface area contributed by atoms with Crippen LogP contribution in [0.3, 0.4) is 0 Å². The van der Waals surface area contributed by atoms with E-state index in [-0.39, 0.29) is 0 Å². The highest BCUT2D eigenvalue weighted by Gasteiger charge is 2.10. The summed E-state index contributed by atoms with van der Waals surface area (Å²) in [5.41, 5.74) is 0.390. The number of nitrogens with zero attached hydrogens (tertiary/aromatic N) is 1. The Morgan fingerprint density at radius 1 is 1.54 bits per heavy atom. The maximum absolute atomic E-state index is 9.44. The maximum Gasteiger partial charge on any atom is 0.0608 e. The molecule has 3 nitrogen and oxygen atoms in total. The Hall–Kier alpha value is -1.09. The van der Waals surface area contributed by atoms with E-state index in [9.17, 15) is 5.11 Å². The summed E-state index contributed by atoms with van der Waals surface area (Å²) >= 11 is 0. The fraction of sp³-hybridized carbons (Fsp3) is 0.500. The molecule has 0 unspecified atom stereocenters. The van der Waals surface area contributed by atoms with Gasteiger partial charge in [-0.25, -0.2) is 0 Å². The molecule has 1 aromatic heterocycles. The summed E-state index contributed by atoms with van der Waals surface area (Å²) in [6.07, 6.45) is 4.23. The van der Waals surface area contributed by atoms with Crippen molar-refractivity contribution in [1.82, 2.24) is 4.98 Å². The molecule has 0 aliphatic rings. The van der Waals surface area contributed by atoms with E-state index >= 15 is 0 Å². The largest absolute Gasteiger partial charge is 0.390 e. The van der Waals surface area contributed by atoms with Crippen molar-refractivity contribution >= 4 is 5.69 Å². The zero-order chi connectivity index (χ0) is 9.73. The molecule has 13 heavy (non-hydrogen) atoms. The molecular weight excluding hydrogens is 164 g/mol. The normalized spacial score (nSPS) is 11.3. The van der Waals surface area contributed by atoms with Gasteiger partial charge in [-0.15, -0.1) is 0 Å². The molecule has 0 fully saturated rings. The number of pyridine rings is 1. The summed E-state index contributed by atoms with van der Waals surface area (Å²) in [4.78, 5) is 3.97. The lowest BCUT2D eigenvalue weighted by atomic mass is 10.1. The van der Waals surface area contributed by atoms with Crippen molar-refractivity contribution in [1.29, 1.82) is 0 Å². The molecular formula is C10H16N2O. The van der Waals surface area contributed by atoms with Crippen LogP contribution in [0.5, 0.6) is 0 Å². The molecule has 3 heteroatoms. The summed E-state index contributed by atoms with van der Waals surface area (Å²) in [6.45, 7) is 4.37. The zero-order valence-electron chi connectivity index (χ0n) is 8.12. The Morgan fingerprint density at radius 3 is 2.85 bits per heavy atom. The van der Waals surface area contributed by atoms with Crippen LogP contribution >= 0.6 is 0 Å². The standard InChI is InChI=1S/C10H16N2O/c1-10(2,13)5-7-12-9-4-3-6-11-8-9/h3-4,6,8,12-13H,5,7H2,1-2H3. The van der Waals surface area contributed by atoms with Gasteiger partial charge in [0, 0.05) is 18.9 Å². The first-order chi connectivity index (χ1) is 6.08. The Morgan fingerprint density at radius 2 is 2.31 bits per heavy atom. The molecule has 0 aromatic carbocycles. The van der Waals surface area contributed by atoms with Crippen LogP contribution in [0.4, 0.5) is 5.69 Å². The summed E-state index contributed by atoms with van der Waals surface area (Å²) in [5, 5.41) is 12.6. The van der Waals surface area contributed by atoms with Crippen molar-refractivity contribution in [3.63, 3.8) is 0 Å². The molecule has 72 valence electrons. The molecule has 1 heterocycles. The first kappa shape index (κ1) is 9.99. The van der Waals surface area contributed by atoms with Gasteiger partial charge >= 0.3 is 0 Å². The summed E-state index contributed by atoms with van der Waals surface area (Å²) in [7, 11) is 0. The van der Waals surface area contributed by atoms with Gasteiger partial charge in [0.2, 0.25) is 0 Å². The molecule has 0 atom stereocenters. The highest BCUT2D eigenvalue weighted by atomic mass is 16.3. The SMILES string of the molecule is CC(C)(O)CCNc1cccnc1. The zero-order valence-corrected chi connectivity index (χ0v) is 8.12. The van der Waals surface area contributed by atoms with Crippen LogP contribution in [0, 0.1) is 0 Å². The van der Waals surface area contributed by atoms with E-state index in [0.29, 0.717) is 0 Å². The van der Waals surface area contributed by atoms with Gasteiger partial charge in [-0.1, -0.05) is 0 Å². The van der Waals surface area contributed by atoms with Crippen LogP contribution in [-0.4, -0.2) is 22.2 Å². The molecule has 0 aliphatic carbocycles. The summed E-state index contributed by atoms with van der Waals surface area (Å²) in [6, 6.07) is 3.84. The Kier molecular flexibility index (Phi) is 3.25. The number of aliphatic hydroxyl groups is 1. The van der Waals surface area contributed by atoms with Crippen LogP contribution in [0.2, 0.25) is 0 Å². The van der Waals surface area contributed by atoms with Crippen LogP contribution in [-0.2, 0) is 0 Å². The molecule has 0 saturated carbocycles. The molecule has 0 amide bonds. The summed E-state index contributed by atoms with van der Waals surface area (Å²) < 4.78 is 0. The topological polar surface area (TPSA) is 45.1 Å². The quantitative estimate of drug-likeness (QED) is 0.740. The third-order valence-electron chi connectivity index (χ3n) is 1.73. The number of hydrogen-bond acceptors (Lipinski definition) is 3. The van der Waals surface area contributed by atoms with Crippen molar-refractivity contribution in [2.45, 2.75) is 25.9 Å². The first-order valence-electron chi connectivity index (χ1n) is 4.44. The fourth-order valence-corrected chi connectivity index (χ4v) is 0.980. The second-order valence-corrected chi connectivity index (χ2v) is 3.73. The highest BCUT2D eigenvalue weighted by Crippen LogP contribution is 2.08. The first-order valence-corrected chi connectivity index (χ1v) is 4.44. The van der Waals surface area contributed by atoms with E-state index in [0.717, 1.165) is 18.7 Å². The number of aromatic nitrogens is 1. The van der Waals surface area contributed by atoms with Crippen LogP contribution in [0.15, 0.2) is 24.5 Å². The van der Waals surface area contributed by atoms with Crippen molar-refractivity contribution < 1.29 is 5.11 Å². The Balaban J connectivity index is 2.29. The molecule has 0 saturated heterocycles. The number of hydrogen-bond donors (Lipinski definition) is 2. The smallest absolute Gasteiger partial charge is 0.0608 e. The van der Waals surface area contributed by atoms with Crippen molar-refractivity contribution in [2.24, 2.45) is 0 Å². The van der Waals surface area contributed by atoms with E-state index in [2.05, 4.69) is 10.3 Å². The van der Waals surface area contributed by atoms with Crippen molar-refractivity contribution in [3.05, 3.63) is 24.5 Å². The average Bonchev–Trinajstić information content (AvgIpc) is 2.04. The second-order valence-electron chi connectivity index (χ2n) is 3.73. The minimum atomic E-state index is -0.602. The van der Waals surface area contributed by atoms with Crippen LogP contribution in [0.1, 0.15) is 20.3 Å². The lowest BCUT2D eigenvalue weighted by molar-refractivity contribution is 0.0749. The second kappa shape index (κ2) is 4.23. The number of anilines is 1. The van der Waals surface area contributed by atoms with Gasteiger partial charge in [-0.3, -0.25) is 4.98 Å². The third kappa shape index (κ3) is 4.48. The predicted molar refractivity (Wildman–Crippen MR) is 53.6 cm³/mol. The lowest BCUT2D eigenvalue weighted by Gasteiger charge is -2.17. The van der Waals surface area contributed by atoms with Gasteiger partial charge in [-0.2, -0.15) is 0 Å². The Labute approximate surface area is 78.8 Å². The van der Waals surface area contributed by atoms with Crippen molar-refractivity contribution in [2.75, 3.05) is 11.9 Å². The molecule has 1 aromatic rings. The molecule has 2 N–H and O–H groups in total. The van der Waals surface area contributed by atoms with E-state index in [1.54, 1.807) is 26.2 Å². The fourth-order valence-electron chi connectivity index (χ4n) is 0.980. The van der Waals surface area contributed by atoms with Gasteiger partial charge in [0.05, 0.1) is 11.3 Å². The molecule has 0 bridgehead atoms. The number of nitrogens with one attached hydrogen (secondary N) is 1. The molecule has 0 aliphatic heterocycles. The molecule has 1 rings (SSSR count). The average molecular weight is 180 g/mol. The minimum absolute atomic E-state index is 0.602. The lowest BCUT2D eigenvalue weighted by Crippen LogP contribution is -2.22. The predicted octanol–water partition coefficient (Wildman–Crippen LogP) is 1.65. The highest BCUT2D eigenvalue weighted by molar-refractivity contribution is 5.39. The van der Waals surface area contributed by atoms with E-state index < -0.39 is 5.60 Å². The summed E-state index contributed by atoms with van der Waals surface area (Å²) in [5.74, 6) is 0. The van der Waals surface area contributed by atoms with E-state index in [4.69, 9.17) is 0 Å². The van der Waals surface area contributed by atoms with Gasteiger partial charge in [-0.05, 0) is 32.4 Å². The van der Waals surface area contributed by atoms with Crippen LogP contribution < -0.4 is 5.32 Å². The monoisotopic (exact) mass is 180 g/mol. The van der Waals surface area contributed by atoms with Gasteiger partial charge in [0.1, 0.15) is 0 Å². The van der Waals surface area contributed by atoms with Crippen LogP contribution in [0.25, 0.3) is 0 Å². The molecule has 0 radical (unpaired) electrons. The minimum Gasteiger partial charge on any atom is -0.390 e. The van der Waals surface area contributed by atoms with Crippen molar-refractivity contribution in [3.8, 4) is 0 Å². The Bertz CT molecular complexity index is 241. The maximum atomic E-state index is 9.44. The van der Waals surface area contributed by atoms with Gasteiger partial charge < -0.3 is 10.4 Å².